The minimum Gasteiger partial charge on any atom is -0.384 e. The van der Waals surface area contributed by atoms with Crippen molar-refractivity contribution in [3.63, 3.8) is 0 Å². The van der Waals surface area contributed by atoms with Gasteiger partial charge in [-0.05, 0) is 58.1 Å². The Labute approximate surface area is 146 Å². The van der Waals surface area contributed by atoms with Crippen LogP contribution in [0, 0.1) is 12.8 Å². The second kappa shape index (κ2) is 6.44. The second-order valence-electron chi connectivity index (χ2n) is 7.51. The van der Waals surface area contributed by atoms with E-state index < -0.39 is 11.5 Å². The molecule has 1 fully saturated rings. The lowest BCUT2D eigenvalue weighted by atomic mass is 9.84. The maximum Gasteiger partial charge on any atom is 0.250 e. The van der Waals surface area contributed by atoms with Crippen LogP contribution >= 0.6 is 0 Å². The molecule has 1 aliphatic carbocycles. The molecular weight excluding hydrogens is 326 g/mol. The van der Waals surface area contributed by atoms with Crippen LogP contribution in [0.5, 0.6) is 0 Å². The number of aliphatic hydroxyl groups is 1. The van der Waals surface area contributed by atoms with E-state index in [0.717, 1.165) is 11.4 Å². The summed E-state index contributed by atoms with van der Waals surface area (Å²) < 4.78 is 28.2. The third-order valence-corrected chi connectivity index (χ3v) is 4.65. The van der Waals surface area contributed by atoms with Crippen LogP contribution in [0.3, 0.4) is 0 Å². The molecule has 1 saturated carbocycles. The largest absolute Gasteiger partial charge is 0.384 e. The van der Waals surface area contributed by atoms with Gasteiger partial charge < -0.3 is 5.11 Å². The highest BCUT2D eigenvalue weighted by Gasteiger charge is 2.35. The molecule has 0 saturated heterocycles. The van der Waals surface area contributed by atoms with E-state index in [9.17, 15) is 13.9 Å². The van der Waals surface area contributed by atoms with Gasteiger partial charge in [-0.2, -0.15) is 5.10 Å². The monoisotopic (exact) mass is 350 g/mol. The minimum absolute atomic E-state index is 0.0390. The first-order valence-corrected chi connectivity index (χ1v) is 8.64. The first-order chi connectivity index (χ1) is 11.6. The molecule has 0 bridgehead atoms. The molecule has 2 heterocycles. The molecule has 0 amide bonds. The lowest BCUT2D eigenvalue weighted by molar-refractivity contribution is -0.0457. The van der Waals surface area contributed by atoms with Crippen molar-refractivity contribution in [1.82, 2.24) is 19.7 Å². The van der Waals surface area contributed by atoms with E-state index in [1.54, 1.807) is 30.8 Å². The summed E-state index contributed by atoms with van der Waals surface area (Å²) in [5.41, 5.74) is 1.15. The van der Waals surface area contributed by atoms with Crippen LogP contribution in [0.15, 0.2) is 18.3 Å². The number of aromatic nitrogens is 4. The SMILES string of the molecule is Cc1cc(CC2CCC(F)(F)CC2)nc(-n2ccc(C(C)(C)O)n2)n1. The van der Waals surface area contributed by atoms with Crippen molar-refractivity contribution < 1.29 is 13.9 Å². The molecule has 0 radical (unpaired) electrons. The Hall–Kier alpha value is -1.89. The Balaban J connectivity index is 1.78. The van der Waals surface area contributed by atoms with Gasteiger partial charge in [0.25, 0.3) is 5.95 Å². The molecule has 0 aliphatic heterocycles. The highest BCUT2D eigenvalue weighted by atomic mass is 19.3. The van der Waals surface area contributed by atoms with Gasteiger partial charge in [0, 0.05) is 30.4 Å². The van der Waals surface area contributed by atoms with E-state index in [1.807, 2.05) is 13.0 Å². The molecule has 25 heavy (non-hydrogen) atoms. The van der Waals surface area contributed by atoms with Crippen LogP contribution in [0.1, 0.15) is 56.6 Å². The molecule has 1 N–H and O–H groups in total. The lowest BCUT2D eigenvalue weighted by Crippen LogP contribution is -2.25. The Kier molecular flexibility index (Phi) is 4.62. The number of nitrogens with zero attached hydrogens (tertiary/aromatic N) is 4. The summed E-state index contributed by atoms with van der Waals surface area (Å²) in [4.78, 5) is 8.95. The molecule has 5 nitrogen and oxygen atoms in total. The summed E-state index contributed by atoms with van der Waals surface area (Å²) in [7, 11) is 0. The van der Waals surface area contributed by atoms with Crippen molar-refractivity contribution in [3.8, 4) is 5.95 Å². The fraction of sp³-hybridized carbons (Fsp3) is 0.611. The van der Waals surface area contributed by atoms with Crippen molar-refractivity contribution in [1.29, 1.82) is 0 Å². The van der Waals surface area contributed by atoms with Crippen LogP contribution in [-0.4, -0.2) is 30.8 Å². The third-order valence-electron chi connectivity index (χ3n) is 4.65. The van der Waals surface area contributed by atoms with E-state index in [1.165, 1.54) is 0 Å². The average Bonchev–Trinajstić information content (AvgIpc) is 2.99. The summed E-state index contributed by atoms with van der Waals surface area (Å²) in [6, 6.07) is 3.63. The Morgan fingerprint density at radius 3 is 2.56 bits per heavy atom. The molecule has 0 spiro atoms. The van der Waals surface area contributed by atoms with E-state index in [-0.39, 0.29) is 18.8 Å². The zero-order valence-corrected chi connectivity index (χ0v) is 14.8. The molecule has 1 aliphatic rings. The maximum atomic E-state index is 13.3. The lowest BCUT2D eigenvalue weighted by Gasteiger charge is -2.28. The average molecular weight is 350 g/mol. The van der Waals surface area contributed by atoms with Gasteiger partial charge in [-0.15, -0.1) is 0 Å². The first-order valence-electron chi connectivity index (χ1n) is 8.64. The molecule has 3 rings (SSSR count). The number of aryl methyl sites for hydroxylation is 1. The van der Waals surface area contributed by atoms with Crippen molar-refractivity contribution in [2.75, 3.05) is 0 Å². The number of halogens is 2. The van der Waals surface area contributed by atoms with Gasteiger partial charge in [0.2, 0.25) is 5.92 Å². The highest BCUT2D eigenvalue weighted by Crippen LogP contribution is 2.37. The van der Waals surface area contributed by atoms with Gasteiger partial charge in [0.1, 0.15) is 5.60 Å². The molecule has 2 aromatic rings. The number of hydrogen-bond donors (Lipinski definition) is 1. The summed E-state index contributed by atoms with van der Waals surface area (Å²) in [6.45, 7) is 5.21. The van der Waals surface area contributed by atoms with Gasteiger partial charge in [0.05, 0.1) is 5.69 Å². The maximum absolute atomic E-state index is 13.3. The molecular formula is C18H24F2N4O. The Morgan fingerprint density at radius 2 is 1.96 bits per heavy atom. The van der Waals surface area contributed by atoms with Gasteiger partial charge in [-0.25, -0.2) is 23.4 Å². The summed E-state index contributed by atoms with van der Waals surface area (Å²) >= 11 is 0. The molecule has 0 atom stereocenters. The fourth-order valence-corrected chi connectivity index (χ4v) is 3.19. The van der Waals surface area contributed by atoms with E-state index >= 15 is 0 Å². The Morgan fingerprint density at radius 1 is 1.28 bits per heavy atom. The van der Waals surface area contributed by atoms with Crippen LogP contribution in [-0.2, 0) is 12.0 Å². The zero-order chi connectivity index (χ0) is 18.2. The summed E-state index contributed by atoms with van der Waals surface area (Å²) in [5, 5.41) is 14.4. The topological polar surface area (TPSA) is 63.8 Å². The minimum atomic E-state index is -2.51. The van der Waals surface area contributed by atoms with Crippen LogP contribution in [0.2, 0.25) is 0 Å². The number of hydrogen-bond acceptors (Lipinski definition) is 4. The van der Waals surface area contributed by atoms with Gasteiger partial charge in [0.15, 0.2) is 0 Å². The predicted molar refractivity (Wildman–Crippen MR) is 89.7 cm³/mol. The van der Waals surface area contributed by atoms with Crippen LogP contribution < -0.4 is 0 Å². The normalized spacial score (nSPS) is 18.5. The number of alkyl halides is 2. The van der Waals surface area contributed by atoms with Crippen molar-refractivity contribution in [2.45, 2.75) is 64.4 Å². The van der Waals surface area contributed by atoms with Crippen LogP contribution in [0.25, 0.3) is 5.95 Å². The van der Waals surface area contributed by atoms with Gasteiger partial charge >= 0.3 is 0 Å². The number of rotatable bonds is 4. The quantitative estimate of drug-likeness (QED) is 0.916. The van der Waals surface area contributed by atoms with E-state index in [2.05, 4.69) is 15.1 Å². The fourth-order valence-electron chi connectivity index (χ4n) is 3.19. The molecule has 0 unspecified atom stereocenters. The van der Waals surface area contributed by atoms with Crippen molar-refractivity contribution in [2.24, 2.45) is 5.92 Å². The third kappa shape index (κ3) is 4.39. The van der Waals surface area contributed by atoms with E-state index in [0.29, 0.717) is 30.9 Å². The summed E-state index contributed by atoms with van der Waals surface area (Å²) in [6.07, 6.45) is 3.36. The molecule has 7 heteroatoms. The molecule has 136 valence electrons. The van der Waals surface area contributed by atoms with Gasteiger partial charge in [-0.1, -0.05) is 0 Å². The zero-order valence-electron chi connectivity index (χ0n) is 14.8. The van der Waals surface area contributed by atoms with Crippen molar-refractivity contribution >= 4 is 0 Å². The smallest absolute Gasteiger partial charge is 0.250 e. The molecule has 2 aromatic heterocycles. The first kappa shape index (κ1) is 17.9. The standard InChI is InChI=1S/C18H24F2N4O/c1-12-10-14(11-13-4-7-18(19,20)8-5-13)22-16(21-12)24-9-6-15(23-24)17(2,3)25/h6,9-10,13,25H,4-5,7-8,11H2,1-3H3. The highest BCUT2D eigenvalue weighted by molar-refractivity contribution is 5.21. The van der Waals surface area contributed by atoms with Crippen LogP contribution in [0.4, 0.5) is 8.78 Å². The summed E-state index contributed by atoms with van der Waals surface area (Å²) in [5.74, 6) is -1.84. The molecule has 0 aromatic carbocycles. The Bertz CT molecular complexity index is 742. The van der Waals surface area contributed by atoms with Crippen molar-refractivity contribution in [3.05, 3.63) is 35.4 Å². The second-order valence-corrected chi connectivity index (χ2v) is 7.51. The van der Waals surface area contributed by atoms with Gasteiger partial charge in [-0.3, -0.25) is 0 Å². The van der Waals surface area contributed by atoms with E-state index in [4.69, 9.17) is 0 Å². The predicted octanol–water partition coefficient (Wildman–Crippen LogP) is 3.57.